The molecule has 0 spiro atoms. The summed E-state index contributed by atoms with van der Waals surface area (Å²) in [4.78, 5) is 13.9. The average Bonchev–Trinajstić information content (AvgIpc) is 3.16. The molecule has 4 rings (SSSR count). The largest absolute Gasteiger partial charge is 0.422 e. The van der Waals surface area contributed by atoms with Crippen molar-refractivity contribution in [2.75, 3.05) is 26.3 Å². The molecular weight excluding hydrogens is 386 g/mol. The molecule has 2 atom stereocenters. The fourth-order valence-electron chi connectivity index (χ4n) is 3.84. The Kier molecular flexibility index (Phi) is 5.68. The van der Waals surface area contributed by atoms with Gasteiger partial charge in [0.05, 0.1) is 19.3 Å². The van der Waals surface area contributed by atoms with E-state index in [-0.39, 0.29) is 11.8 Å². The Balaban J connectivity index is 1.59. The van der Waals surface area contributed by atoms with Gasteiger partial charge in [-0.25, -0.2) is 4.79 Å². The van der Waals surface area contributed by atoms with Gasteiger partial charge in [-0.3, -0.25) is 10.5 Å². The summed E-state index contributed by atoms with van der Waals surface area (Å²) < 4.78 is 16.2. The molecular formula is C21H23N5O4. The first-order valence-electron chi connectivity index (χ1n) is 9.99. The van der Waals surface area contributed by atoms with Crippen molar-refractivity contribution in [3.05, 3.63) is 41.1 Å². The van der Waals surface area contributed by atoms with Crippen molar-refractivity contribution in [2.45, 2.75) is 25.7 Å². The second kappa shape index (κ2) is 8.55. The molecule has 30 heavy (non-hydrogen) atoms. The Bertz CT molecular complexity index is 972. The maximum absolute atomic E-state index is 12.3. The minimum atomic E-state index is -0.757. The maximum Gasteiger partial charge on any atom is 0.415 e. The lowest BCUT2D eigenvalue weighted by molar-refractivity contribution is 0.0416. The highest BCUT2D eigenvalue weighted by atomic mass is 16.6. The van der Waals surface area contributed by atoms with E-state index in [2.05, 4.69) is 23.2 Å². The molecule has 2 aliphatic rings. The number of hydrogen-bond acceptors (Lipinski definition) is 7. The molecule has 9 nitrogen and oxygen atoms in total. The van der Waals surface area contributed by atoms with E-state index >= 15 is 0 Å². The fourth-order valence-corrected chi connectivity index (χ4v) is 3.84. The van der Waals surface area contributed by atoms with E-state index in [0.717, 1.165) is 29.7 Å². The highest BCUT2D eigenvalue weighted by Crippen LogP contribution is 2.43. The van der Waals surface area contributed by atoms with Gasteiger partial charge in [0.25, 0.3) is 0 Å². The minimum absolute atomic E-state index is 0.118. The molecule has 0 radical (unpaired) electrons. The lowest BCUT2D eigenvalue weighted by Gasteiger charge is -2.28. The van der Waals surface area contributed by atoms with Crippen LogP contribution < -0.4 is 9.47 Å². The van der Waals surface area contributed by atoms with Crippen molar-refractivity contribution in [1.82, 2.24) is 15.1 Å². The average molecular weight is 409 g/mol. The van der Waals surface area contributed by atoms with Gasteiger partial charge in [0, 0.05) is 30.3 Å². The van der Waals surface area contributed by atoms with Crippen LogP contribution in [-0.4, -0.2) is 53.4 Å². The number of nitrogens with zero attached hydrogens (tertiary/aromatic N) is 3. The minimum Gasteiger partial charge on any atom is -0.422 e. The highest BCUT2D eigenvalue weighted by molar-refractivity contribution is 5.84. The van der Waals surface area contributed by atoms with Crippen molar-refractivity contribution in [2.24, 2.45) is 5.92 Å². The van der Waals surface area contributed by atoms with Gasteiger partial charge in [0.1, 0.15) is 11.7 Å². The SMILES string of the molecule is CCCc1[nH]nc2c1C(c1ccc(OC(=O)N3CCOCC3)cc1)C(C#N)C(=N)O2. The standard InChI is InChI=1S/C21H23N5O4/c1-2-3-16-18-17(15(12-22)19(23)30-20(18)25-24-16)13-4-6-14(7-5-13)29-21(27)26-8-10-28-11-9-26/h4-7,15,17,23H,2-3,8-11H2,1H3,(H,24,25). The van der Waals surface area contributed by atoms with Crippen LogP contribution in [0.5, 0.6) is 11.6 Å². The maximum atomic E-state index is 12.3. The number of rotatable bonds is 4. The van der Waals surface area contributed by atoms with Crippen LogP contribution in [0, 0.1) is 22.7 Å². The molecule has 2 N–H and O–H groups in total. The molecule has 2 aromatic rings. The number of aromatic amines is 1. The summed E-state index contributed by atoms with van der Waals surface area (Å²) in [5.74, 6) is -0.481. The summed E-state index contributed by atoms with van der Waals surface area (Å²) in [5, 5.41) is 25.0. The first kappa shape index (κ1) is 19.9. The smallest absolute Gasteiger partial charge is 0.415 e. The number of aromatic nitrogens is 2. The molecule has 1 saturated heterocycles. The molecule has 1 aromatic carbocycles. The second-order valence-electron chi connectivity index (χ2n) is 7.26. The van der Waals surface area contributed by atoms with Crippen molar-refractivity contribution in [1.29, 1.82) is 10.7 Å². The monoisotopic (exact) mass is 409 g/mol. The first-order valence-corrected chi connectivity index (χ1v) is 9.99. The van der Waals surface area contributed by atoms with Crippen LogP contribution in [0.4, 0.5) is 4.79 Å². The predicted octanol–water partition coefficient (Wildman–Crippen LogP) is 2.83. The quantitative estimate of drug-likeness (QED) is 0.800. The number of morpholine rings is 1. The Morgan fingerprint density at radius 1 is 1.37 bits per heavy atom. The van der Waals surface area contributed by atoms with Crippen LogP contribution in [0.25, 0.3) is 0 Å². The summed E-state index contributed by atoms with van der Waals surface area (Å²) in [5.41, 5.74) is 2.56. The van der Waals surface area contributed by atoms with Crippen LogP contribution in [0.2, 0.25) is 0 Å². The number of ether oxygens (including phenoxy) is 3. The molecule has 1 amide bonds. The van der Waals surface area contributed by atoms with Gasteiger partial charge in [-0.05, 0) is 24.1 Å². The number of amides is 1. The Morgan fingerprint density at radius 2 is 2.10 bits per heavy atom. The number of carbonyl (C=O) groups excluding carboxylic acids is 1. The van der Waals surface area contributed by atoms with Crippen LogP contribution in [0.15, 0.2) is 24.3 Å². The summed E-state index contributed by atoms with van der Waals surface area (Å²) in [7, 11) is 0. The van der Waals surface area contributed by atoms with E-state index in [4.69, 9.17) is 19.6 Å². The van der Waals surface area contributed by atoms with Crippen molar-refractivity contribution < 1.29 is 19.0 Å². The number of carbonyl (C=O) groups is 1. The number of H-pyrrole nitrogens is 1. The van der Waals surface area contributed by atoms with E-state index < -0.39 is 12.0 Å². The van der Waals surface area contributed by atoms with Gasteiger partial charge in [-0.1, -0.05) is 25.5 Å². The zero-order valence-corrected chi connectivity index (χ0v) is 16.7. The number of nitriles is 1. The topological polar surface area (TPSA) is 124 Å². The molecule has 2 aliphatic heterocycles. The van der Waals surface area contributed by atoms with Gasteiger partial charge >= 0.3 is 6.09 Å². The van der Waals surface area contributed by atoms with Gasteiger partial charge in [0.2, 0.25) is 11.8 Å². The summed E-state index contributed by atoms with van der Waals surface area (Å²) in [6.45, 7) is 4.09. The van der Waals surface area contributed by atoms with Crippen LogP contribution in [-0.2, 0) is 11.2 Å². The highest BCUT2D eigenvalue weighted by Gasteiger charge is 2.40. The number of benzene rings is 1. The third kappa shape index (κ3) is 3.74. The van der Waals surface area contributed by atoms with Crippen LogP contribution >= 0.6 is 0 Å². The third-order valence-corrected chi connectivity index (χ3v) is 5.33. The number of fused-ring (bicyclic) bond motifs is 1. The lowest BCUT2D eigenvalue weighted by atomic mass is 9.79. The molecule has 1 aromatic heterocycles. The van der Waals surface area contributed by atoms with Gasteiger partial charge in [-0.2, -0.15) is 5.26 Å². The van der Waals surface area contributed by atoms with E-state index in [1.807, 2.05) is 12.1 Å². The molecule has 0 bridgehead atoms. The fraction of sp³-hybridized carbons (Fsp3) is 0.429. The zero-order chi connectivity index (χ0) is 21.1. The van der Waals surface area contributed by atoms with E-state index in [0.29, 0.717) is 37.9 Å². The summed E-state index contributed by atoms with van der Waals surface area (Å²) in [6, 6.07) is 9.26. The summed E-state index contributed by atoms with van der Waals surface area (Å²) in [6.07, 6.45) is 1.27. The summed E-state index contributed by atoms with van der Waals surface area (Å²) >= 11 is 0. The molecule has 156 valence electrons. The Morgan fingerprint density at radius 3 is 2.77 bits per heavy atom. The second-order valence-corrected chi connectivity index (χ2v) is 7.26. The predicted molar refractivity (Wildman–Crippen MR) is 107 cm³/mol. The Hall–Kier alpha value is -3.38. The van der Waals surface area contributed by atoms with E-state index in [9.17, 15) is 10.1 Å². The van der Waals surface area contributed by atoms with E-state index in [1.165, 1.54) is 0 Å². The first-order chi connectivity index (χ1) is 14.6. The van der Waals surface area contributed by atoms with Crippen molar-refractivity contribution in [3.63, 3.8) is 0 Å². The molecule has 2 unspecified atom stereocenters. The molecule has 1 fully saturated rings. The molecule has 9 heteroatoms. The van der Waals surface area contributed by atoms with E-state index in [1.54, 1.807) is 17.0 Å². The third-order valence-electron chi connectivity index (χ3n) is 5.33. The number of nitrogens with one attached hydrogen (secondary N) is 2. The van der Waals surface area contributed by atoms with Crippen molar-refractivity contribution in [3.8, 4) is 17.7 Å². The van der Waals surface area contributed by atoms with Crippen LogP contribution in [0.3, 0.4) is 0 Å². The molecule has 0 aliphatic carbocycles. The van der Waals surface area contributed by atoms with Gasteiger partial charge in [-0.15, -0.1) is 5.10 Å². The van der Waals surface area contributed by atoms with Crippen LogP contribution in [0.1, 0.15) is 36.1 Å². The lowest BCUT2D eigenvalue weighted by Crippen LogP contribution is -2.42. The molecule has 0 saturated carbocycles. The Labute approximate surface area is 174 Å². The van der Waals surface area contributed by atoms with Crippen molar-refractivity contribution >= 4 is 12.0 Å². The zero-order valence-electron chi connectivity index (χ0n) is 16.7. The number of hydrogen-bond donors (Lipinski definition) is 2. The normalized spacial score (nSPS) is 20.8. The van der Waals surface area contributed by atoms with Gasteiger partial charge in [0.15, 0.2) is 0 Å². The number of aryl methyl sites for hydroxylation is 1. The van der Waals surface area contributed by atoms with Gasteiger partial charge < -0.3 is 19.1 Å². The molecule has 3 heterocycles.